The van der Waals surface area contributed by atoms with Crippen molar-refractivity contribution in [2.45, 2.75) is 32.4 Å². The summed E-state index contributed by atoms with van der Waals surface area (Å²) in [4.78, 5) is 11.8. The Bertz CT molecular complexity index is 587. The van der Waals surface area contributed by atoms with Gasteiger partial charge in [0.25, 0.3) is 0 Å². The Balaban J connectivity index is 1.50. The van der Waals surface area contributed by atoms with Crippen molar-refractivity contribution in [3.05, 3.63) is 48.3 Å². The van der Waals surface area contributed by atoms with Crippen molar-refractivity contribution in [1.29, 1.82) is 0 Å². The van der Waals surface area contributed by atoms with Crippen molar-refractivity contribution >= 4 is 6.03 Å². The molecule has 1 saturated carbocycles. The molecule has 0 saturated heterocycles. The van der Waals surface area contributed by atoms with Gasteiger partial charge in [0.15, 0.2) is 0 Å². The highest BCUT2D eigenvalue weighted by atomic mass is 16.2. The van der Waals surface area contributed by atoms with Gasteiger partial charge in [-0.05, 0) is 49.4 Å². The number of hydrogen-bond donors (Lipinski definition) is 2. The van der Waals surface area contributed by atoms with Gasteiger partial charge in [0, 0.05) is 25.0 Å². The topological polar surface area (TPSA) is 59.0 Å². The van der Waals surface area contributed by atoms with Gasteiger partial charge < -0.3 is 10.6 Å². The standard InChI is InChI=1S/C16H20N4O/c1-12(14-5-6-14)19-16(21)17-11-13-3-7-15(8-4-13)20-10-2-9-18-20/h2-4,7-10,12,14H,5-6,11H2,1H3,(H2,17,19,21). The molecule has 1 aromatic carbocycles. The van der Waals surface area contributed by atoms with Crippen molar-refractivity contribution in [2.75, 3.05) is 0 Å². The lowest BCUT2D eigenvalue weighted by Gasteiger charge is -2.13. The zero-order valence-corrected chi connectivity index (χ0v) is 12.1. The summed E-state index contributed by atoms with van der Waals surface area (Å²) < 4.78 is 1.81. The Morgan fingerprint density at radius 2 is 2.14 bits per heavy atom. The molecule has 0 aliphatic heterocycles. The number of rotatable bonds is 5. The third-order valence-corrected chi connectivity index (χ3v) is 3.85. The maximum absolute atomic E-state index is 11.8. The van der Waals surface area contributed by atoms with Gasteiger partial charge in [-0.2, -0.15) is 5.10 Å². The number of hydrogen-bond acceptors (Lipinski definition) is 2. The van der Waals surface area contributed by atoms with Gasteiger partial charge in [0.2, 0.25) is 0 Å². The van der Waals surface area contributed by atoms with E-state index in [1.807, 2.05) is 36.5 Å². The minimum Gasteiger partial charge on any atom is -0.335 e. The summed E-state index contributed by atoms with van der Waals surface area (Å²) in [6, 6.07) is 10.1. The minimum atomic E-state index is -0.0921. The van der Waals surface area contributed by atoms with Gasteiger partial charge in [0.1, 0.15) is 0 Å². The lowest BCUT2D eigenvalue weighted by Crippen LogP contribution is -2.41. The molecule has 0 radical (unpaired) electrons. The normalized spacial score (nSPS) is 15.5. The van der Waals surface area contributed by atoms with Gasteiger partial charge in [-0.3, -0.25) is 0 Å². The largest absolute Gasteiger partial charge is 0.335 e. The van der Waals surface area contributed by atoms with Crippen LogP contribution in [0.1, 0.15) is 25.3 Å². The van der Waals surface area contributed by atoms with Gasteiger partial charge in [-0.15, -0.1) is 0 Å². The first-order valence-corrected chi connectivity index (χ1v) is 7.36. The summed E-state index contributed by atoms with van der Waals surface area (Å²) in [5.41, 5.74) is 2.08. The van der Waals surface area contributed by atoms with Crippen molar-refractivity contribution in [3.8, 4) is 5.69 Å². The minimum absolute atomic E-state index is 0.0921. The second-order valence-electron chi connectivity index (χ2n) is 5.57. The van der Waals surface area contributed by atoms with Crippen LogP contribution in [-0.4, -0.2) is 21.9 Å². The molecule has 1 heterocycles. The van der Waals surface area contributed by atoms with Crippen LogP contribution in [0.3, 0.4) is 0 Å². The fourth-order valence-corrected chi connectivity index (χ4v) is 2.34. The number of benzene rings is 1. The fraction of sp³-hybridized carbons (Fsp3) is 0.375. The molecular formula is C16H20N4O. The summed E-state index contributed by atoms with van der Waals surface area (Å²) in [7, 11) is 0. The van der Waals surface area contributed by atoms with Gasteiger partial charge in [-0.25, -0.2) is 9.48 Å². The Morgan fingerprint density at radius 3 is 2.76 bits per heavy atom. The Labute approximate surface area is 124 Å². The monoisotopic (exact) mass is 284 g/mol. The van der Waals surface area contributed by atoms with E-state index in [1.54, 1.807) is 10.9 Å². The number of nitrogens with one attached hydrogen (secondary N) is 2. The zero-order valence-electron chi connectivity index (χ0n) is 12.1. The Kier molecular flexibility index (Phi) is 3.90. The molecule has 1 aromatic heterocycles. The summed E-state index contributed by atoms with van der Waals surface area (Å²) >= 11 is 0. The van der Waals surface area contributed by atoms with Crippen LogP contribution in [0, 0.1) is 5.92 Å². The molecule has 110 valence electrons. The average molecular weight is 284 g/mol. The molecular weight excluding hydrogens is 264 g/mol. The van der Waals surface area contributed by atoms with E-state index < -0.39 is 0 Å². The van der Waals surface area contributed by atoms with Crippen LogP contribution in [0.4, 0.5) is 4.79 Å². The molecule has 21 heavy (non-hydrogen) atoms. The Morgan fingerprint density at radius 1 is 1.38 bits per heavy atom. The van der Waals surface area contributed by atoms with Crippen LogP contribution in [0.5, 0.6) is 0 Å². The highest BCUT2D eigenvalue weighted by Crippen LogP contribution is 2.32. The molecule has 1 aliphatic carbocycles. The summed E-state index contributed by atoms with van der Waals surface area (Å²) in [6.45, 7) is 2.60. The number of carbonyl (C=O) groups excluding carboxylic acids is 1. The second-order valence-corrected chi connectivity index (χ2v) is 5.57. The summed E-state index contributed by atoms with van der Waals surface area (Å²) in [5.74, 6) is 0.670. The fourth-order valence-electron chi connectivity index (χ4n) is 2.34. The smallest absolute Gasteiger partial charge is 0.315 e. The molecule has 2 aromatic rings. The molecule has 2 N–H and O–H groups in total. The first-order valence-electron chi connectivity index (χ1n) is 7.36. The zero-order chi connectivity index (χ0) is 14.7. The van der Waals surface area contributed by atoms with Gasteiger partial charge >= 0.3 is 6.03 Å². The molecule has 1 aliphatic rings. The van der Waals surface area contributed by atoms with E-state index >= 15 is 0 Å². The van der Waals surface area contributed by atoms with E-state index in [-0.39, 0.29) is 12.1 Å². The third kappa shape index (κ3) is 3.62. The number of nitrogens with zero attached hydrogens (tertiary/aromatic N) is 2. The summed E-state index contributed by atoms with van der Waals surface area (Å²) in [5, 5.41) is 10.1. The number of carbonyl (C=O) groups is 1. The lowest BCUT2D eigenvalue weighted by atomic mass is 10.2. The molecule has 5 nitrogen and oxygen atoms in total. The second kappa shape index (κ2) is 5.99. The van der Waals surface area contributed by atoms with E-state index in [0.29, 0.717) is 12.5 Å². The molecule has 1 fully saturated rings. The van der Waals surface area contributed by atoms with E-state index in [9.17, 15) is 4.79 Å². The highest BCUT2D eigenvalue weighted by molar-refractivity contribution is 5.74. The highest BCUT2D eigenvalue weighted by Gasteiger charge is 2.28. The van der Waals surface area contributed by atoms with E-state index in [0.717, 1.165) is 11.3 Å². The van der Waals surface area contributed by atoms with Gasteiger partial charge in [-0.1, -0.05) is 12.1 Å². The molecule has 3 rings (SSSR count). The lowest BCUT2D eigenvalue weighted by molar-refractivity contribution is 0.236. The quantitative estimate of drug-likeness (QED) is 0.886. The SMILES string of the molecule is CC(NC(=O)NCc1ccc(-n2cccn2)cc1)C1CC1. The van der Waals surface area contributed by atoms with E-state index in [4.69, 9.17) is 0 Å². The van der Waals surface area contributed by atoms with Crippen molar-refractivity contribution in [1.82, 2.24) is 20.4 Å². The van der Waals surface area contributed by atoms with Crippen molar-refractivity contribution in [3.63, 3.8) is 0 Å². The maximum atomic E-state index is 11.8. The van der Waals surface area contributed by atoms with Crippen LogP contribution in [-0.2, 0) is 6.54 Å². The van der Waals surface area contributed by atoms with Crippen LogP contribution in [0.25, 0.3) is 5.69 Å². The number of urea groups is 1. The molecule has 2 amide bonds. The van der Waals surface area contributed by atoms with Gasteiger partial charge in [0.05, 0.1) is 5.69 Å². The molecule has 1 unspecified atom stereocenters. The molecule has 0 bridgehead atoms. The van der Waals surface area contributed by atoms with Crippen molar-refractivity contribution in [2.24, 2.45) is 5.92 Å². The van der Waals surface area contributed by atoms with Crippen LogP contribution in [0.2, 0.25) is 0 Å². The number of amides is 2. The first-order chi connectivity index (χ1) is 10.2. The van der Waals surface area contributed by atoms with Crippen molar-refractivity contribution < 1.29 is 4.79 Å². The predicted octanol–water partition coefficient (Wildman–Crippen LogP) is 2.47. The van der Waals surface area contributed by atoms with Crippen LogP contribution in [0.15, 0.2) is 42.7 Å². The maximum Gasteiger partial charge on any atom is 0.315 e. The molecule has 5 heteroatoms. The first kappa shape index (κ1) is 13.7. The molecule has 0 spiro atoms. The van der Waals surface area contributed by atoms with Crippen LogP contribution < -0.4 is 10.6 Å². The average Bonchev–Trinajstić information content (AvgIpc) is 3.21. The number of aromatic nitrogens is 2. The predicted molar refractivity (Wildman–Crippen MR) is 81.1 cm³/mol. The van der Waals surface area contributed by atoms with Crippen LogP contribution >= 0.6 is 0 Å². The summed E-state index contributed by atoms with van der Waals surface area (Å²) in [6.07, 6.45) is 6.12. The molecule has 1 atom stereocenters. The van der Waals surface area contributed by atoms with E-state index in [2.05, 4.69) is 22.7 Å². The third-order valence-electron chi connectivity index (χ3n) is 3.85. The Hall–Kier alpha value is -2.30. The van der Waals surface area contributed by atoms with E-state index in [1.165, 1.54) is 12.8 Å².